The van der Waals surface area contributed by atoms with Gasteiger partial charge in [0, 0.05) is 32.1 Å². The average Bonchev–Trinajstić information content (AvgIpc) is 3.50. The molecular weight excluding hydrogens is 296 g/mol. The van der Waals surface area contributed by atoms with Crippen LogP contribution >= 0.6 is 0 Å². The van der Waals surface area contributed by atoms with Crippen LogP contribution in [0.2, 0.25) is 0 Å². The minimum absolute atomic E-state index is 0.00494. The molecule has 0 bridgehead atoms. The molecule has 3 aliphatic rings. The maximum atomic E-state index is 12.8. The highest BCUT2D eigenvalue weighted by Gasteiger charge is 2.47. The second-order valence-electron chi connectivity index (χ2n) is 6.91. The van der Waals surface area contributed by atoms with Crippen LogP contribution in [0, 0.1) is 17.8 Å². The fraction of sp³-hybridized carbons (Fsp3) is 0.800. The number of amides is 2. The molecule has 2 saturated carbocycles. The van der Waals surface area contributed by atoms with Gasteiger partial charge in [-0.25, -0.2) is 4.68 Å². The number of rotatable bonds is 5. The Morgan fingerprint density at radius 3 is 2.13 bits per heavy atom. The maximum Gasteiger partial charge on any atom is 0.244 e. The summed E-state index contributed by atoms with van der Waals surface area (Å²) >= 11 is 0. The van der Waals surface area contributed by atoms with Gasteiger partial charge in [0.2, 0.25) is 11.8 Å². The van der Waals surface area contributed by atoms with E-state index >= 15 is 0 Å². The second kappa shape index (κ2) is 5.90. The molecule has 1 aromatic rings. The van der Waals surface area contributed by atoms with E-state index < -0.39 is 0 Å². The Balaban J connectivity index is 1.30. The summed E-state index contributed by atoms with van der Waals surface area (Å²) in [5, 5.41) is 10.8. The highest BCUT2D eigenvalue weighted by atomic mass is 16.2. The number of nitrogens with zero attached hydrogens (tertiary/aromatic N) is 6. The molecule has 2 aliphatic carbocycles. The van der Waals surface area contributed by atoms with Crippen molar-refractivity contribution in [1.82, 2.24) is 30.0 Å². The van der Waals surface area contributed by atoms with Gasteiger partial charge in [-0.1, -0.05) is 0 Å². The third-order valence-electron chi connectivity index (χ3n) is 5.18. The van der Waals surface area contributed by atoms with Gasteiger partial charge in [0.05, 0.1) is 0 Å². The van der Waals surface area contributed by atoms with E-state index in [1.54, 1.807) is 4.90 Å². The molecule has 1 saturated heterocycles. The van der Waals surface area contributed by atoms with Gasteiger partial charge in [-0.15, -0.1) is 5.10 Å². The van der Waals surface area contributed by atoms with Gasteiger partial charge in [-0.3, -0.25) is 9.59 Å². The van der Waals surface area contributed by atoms with E-state index in [4.69, 9.17) is 0 Å². The Morgan fingerprint density at radius 2 is 1.61 bits per heavy atom. The first-order valence-electron chi connectivity index (χ1n) is 8.49. The van der Waals surface area contributed by atoms with Gasteiger partial charge in [0.1, 0.15) is 12.9 Å². The Hall–Kier alpha value is -1.99. The summed E-state index contributed by atoms with van der Waals surface area (Å²) in [4.78, 5) is 28.8. The predicted octanol–water partition coefficient (Wildman–Crippen LogP) is -0.220. The Labute approximate surface area is 134 Å². The predicted molar refractivity (Wildman–Crippen MR) is 79.9 cm³/mol. The lowest BCUT2D eigenvalue weighted by molar-refractivity contribution is -0.143. The highest BCUT2D eigenvalue weighted by molar-refractivity contribution is 5.81. The molecule has 8 heteroatoms. The van der Waals surface area contributed by atoms with Crippen LogP contribution in [0.25, 0.3) is 0 Å². The molecule has 0 spiro atoms. The number of hydrogen-bond acceptors (Lipinski definition) is 5. The van der Waals surface area contributed by atoms with Crippen molar-refractivity contribution >= 4 is 11.8 Å². The summed E-state index contributed by atoms with van der Waals surface area (Å²) in [6.07, 6.45) is 6.32. The monoisotopic (exact) mass is 318 g/mol. The lowest BCUT2D eigenvalue weighted by Crippen LogP contribution is -2.53. The highest BCUT2D eigenvalue weighted by Crippen LogP contribution is 2.49. The molecule has 8 nitrogen and oxygen atoms in total. The summed E-state index contributed by atoms with van der Waals surface area (Å²) in [5.74, 6) is 1.87. The first kappa shape index (κ1) is 14.6. The average molecular weight is 318 g/mol. The number of aromatic nitrogens is 4. The van der Waals surface area contributed by atoms with Crippen molar-refractivity contribution in [2.75, 3.05) is 26.2 Å². The molecule has 1 aromatic heterocycles. The van der Waals surface area contributed by atoms with Crippen molar-refractivity contribution in [3.63, 3.8) is 0 Å². The molecule has 3 fully saturated rings. The van der Waals surface area contributed by atoms with Crippen molar-refractivity contribution in [2.45, 2.75) is 32.2 Å². The largest absolute Gasteiger partial charge is 0.339 e. The zero-order valence-corrected chi connectivity index (χ0v) is 13.2. The van der Waals surface area contributed by atoms with Gasteiger partial charge in [-0.2, -0.15) is 0 Å². The fourth-order valence-corrected chi connectivity index (χ4v) is 3.58. The van der Waals surface area contributed by atoms with E-state index in [0.29, 0.717) is 43.9 Å². The summed E-state index contributed by atoms with van der Waals surface area (Å²) in [5.41, 5.74) is 0. The van der Waals surface area contributed by atoms with Crippen LogP contribution in [0.3, 0.4) is 0 Å². The van der Waals surface area contributed by atoms with Gasteiger partial charge >= 0.3 is 0 Å². The number of hydrogen-bond donors (Lipinski definition) is 0. The third kappa shape index (κ3) is 3.20. The molecule has 2 amide bonds. The quantitative estimate of drug-likeness (QED) is 0.749. The van der Waals surface area contributed by atoms with E-state index in [1.807, 2.05) is 4.90 Å². The van der Waals surface area contributed by atoms with E-state index in [2.05, 4.69) is 15.5 Å². The van der Waals surface area contributed by atoms with Crippen LogP contribution in [0.1, 0.15) is 25.7 Å². The van der Waals surface area contributed by atoms with E-state index in [1.165, 1.54) is 36.7 Å². The normalized spacial score (nSPS) is 21.8. The van der Waals surface area contributed by atoms with Crippen molar-refractivity contribution in [3.8, 4) is 0 Å². The third-order valence-corrected chi connectivity index (χ3v) is 5.18. The van der Waals surface area contributed by atoms with Gasteiger partial charge < -0.3 is 9.80 Å². The smallest absolute Gasteiger partial charge is 0.244 e. The molecule has 0 atom stereocenters. The van der Waals surface area contributed by atoms with Crippen LogP contribution < -0.4 is 0 Å². The van der Waals surface area contributed by atoms with Crippen molar-refractivity contribution < 1.29 is 9.59 Å². The minimum Gasteiger partial charge on any atom is -0.339 e. The molecular formula is C15H22N6O2. The molecule has 4 rings (SSSR count). The second-order valence-corrected chi connectivity index (χ2v) is 6.91. The van der Waals surface area contributed by atoms with Gasteiger partial charge in [-0.05, 0) is 47.9 Å². The van der Waals surface area contributed by atoms with E-state index in [9.17, 15) is 9.59 Å². The molecule has 2 heterocycles. The first-order chi connectivity index (χ1) is 11.2. The standard InChI is InChI=1S/C15H22N6O2/c22-13(9-21-10-16-17-18-21)19-5-7-20(8-6-19)15(23)14(11-1-2-11)12-3-4-12/h10-12,14H,1-9H2. The summed E-state index contributed by atoms with van der Waals surface area (Å²) in [6, 6.07) is 0. The van der Waals surface area contributed by atoms with E-state index in [-0.39, 0.29) is 18.4 Å². The number of tetrazole rings is 1. The molecule has 0 radical (unpaired) electrons. The van der Waals surface area contributed by atoms with Crippen molar-refractivity contribution in [1.29, 1.82) is 0 Å². The summed E-state index contributed by atoms with van der Waals surface area (Å²) in [6.45, 7) is 2.67. The fourth-order valence-electron chi connectivity index (χ4n) is 3.58. The zero-order valence-electron chi connectivity index (χ0n) is 13.2. The number of carbonyl (C=O) groups excluding carboxylic acids is 2. The SMILES string of the molecule is O=C(Cn1cnnn1)N1CCN(C(=O)C(C2CC2)C2CC2)CC1. The van der Waals surface area contributed by atoms with Crippen LogP contribution in [0.15, 0.2) is 6.33 Å². The summed E-state index contributed by atoms with van der Waals surface area (Å²) < 4.78 is 1.43. The van der Waals surface area contributed by atoms with Gasteiger partial charge in [0.15, 0.2) is 0 Å². The van der Waals surface area contributed by atoms with Crippen LogP contribution in [-0.2, 0) is 16.1 Å². The minimum atomic E-state index is 0.00494. The van der Waals surface area contributed by atoms with Crippen molar-refractivity contribution in [2.24, 2.45) is 17.8 Å². The summed E-state index contributed by atoms with van der Waals surface area (Å²) in [7, 11) is 0. The van der Waals surface area contributed by atoms with Crippen LogP contribution in [0.4, 0.5) is 0 Å². The molecule has 23 heavy (non-hydrogen) atoms. The first-order valence-corrected chi connectivity index (χ1v) is 8.49. The molecule has 0 aromatic carbocycles. The van der Waals surface area contributed by atoms with E-state index in [0.717, 1.165) is 0 Å². The molecule has 0 N–H and O–H groups in total. The van der Waals surface area contributed by atoms with Crippen LogP contribution in [0.5, 0.6) is 0 Å². The Bertz CT molecular complexity index is 561. The lowest BCUT2D eigenvalue weighted by atomic mass is 9.96. The topological polar surface area (TPSA) is 84.2 Å². The number of piperazine rings is 1. The Kier molecular flexibility index (Phi) is 3.74. The molecule has 0 unspecified atom stereocenters. The van der Waals surface area contributed by atoms with Crippen LogP contribution in [-0.4, -0.2) is 68.0 Å². The zero-order chi connectivity index (χ0) is 15.8. The number of carbonyl (C=O) groups is 2. The maximum absolute atomic E-state index is 12.8. The Morgan fingerprint density at radius 1 is 1.00 bits per heavy atom. The van der Waals surface area contributed by atoms with Gasteiger partial charge in [0.25, 0.3) is 0 Å². The molecule has 124 valence electrons. The van der Waals surface area contributed by atoms with Crippen molar-refractivity contribution in [3.05, 3.63) is 6.33 Å². The lowest BCUT2D eigenvalue weighted by Gasteiger charge is -2.36. The molecule has 1 aliphatic heterocycles.